The maximum Gasteiger partial charge on any atom is 0.256 e. The molecule has 1 atom stereocenters. The fraction of sp³-hybridized carbons (Fsp3) is 0.314. The second kappa shape index (κ2) is 14.3. The van der Waals surface area contributed by atoms with E-state index in [0.717, 1.165) is 58.5 Å². The number of amides is 1. The molecule has 2 bridgehead atoms. The Balaban J connectivity index is 1.55. The summed E-state index contributed by atoms with van der Waals surface area (Å²) in [7, 11) is 0. The van der Waals surface area contributed by atoms with Crippen LogP contribution in [0.1, 0.15) is 55.6 Å². The molecule has 1 unspecified atom stereocenters. The van der Waals surface area contributed by atoms with Crippen molar-refractivity contribution in [2.75, 3.05) is 18.9 Å². The van der Waals surface area contributed by atoms with Gasteiger partial charge in [-0.25, -0.2) is 0 Å². The number of unbranched alkanes of at least 4 members (excludes halogenated alkanes) is 1. The van der Waals surface area contributed by atoms with Crippen molar-refractivity contribution in [2.24, 2.45) is 5.92 Å². The lowest BCUT2D eigenvalue weighted by Gasteiger charge is -2.18. The highest BCUT2D eigenvalue weighted by atomic mass is 32.2. The van der Waals surface area contributed by atoms with Crippen LogP contribution in [0.25, 0.3) is 29.1 Å². The van der Waals surface area contributed by atoms with Gasteiger partial charge in [0.25, 0.3) is 5.91 Å². The number of rotatable bonds is 11. The summed E-state index contributed by atoms with van der Waals surface area (Å²) in [5, 5.41) is 5.95. The number of carbonyl (C=O) groups excluding carboxylic acids is 1. The molecule has 1 aliphatic rings. The highest BCUT2D eigenvalue weighted by molar-refractivity contribution is 8.03. The van der Waals surface area contributed by atoms with Gasteiger partial charge in [0.2, 0.25) is 5.43 Å². The topological polar surface area (TPSA) is 86.1 Å². The van der Waals surface area contributed by atoms with Crippen molar-refractivity contribution in [2.45, 2.75) is 46.0 Å². The van der Waals surface area contributed by atoms with Crippen LogP contribution in [0.4, 0.5) is 0 Å². The van der Waals surface area contributed by atoms with E-state index in [4.69, 9.17) is 4.74 Å². The first-order valence-corrected chi connectivity index (χ1v) is 15.9. The van der Waals surface area contributed by atoms with Crippen molar-refractivity contribution in [3.8, 4) is 11.4 Å². The maximum atomic E-state index is 13.9. The third-order valence-corrected chi connectivity index (χ3v) is 8.73. The Bertz CT molecular complexity index is 1800. The van der Waals surface area contributed by atoms with E-state index in [-0.39, 0.29) is 16.9 Å². The Kier molecular flexibility index (Phi) is 10.1. The van der Waals surface area contributed by atoms with Gasteiger partial charge in [-0.05, 0) is 47.4 Å². The van der Waals surface area contributed by atoms with Crippen LogP contribution in [-0.2, 0) is 6.42 Å². The van der Waals surface area contributed by atoms with E-state index in [1.165, 1.54) is 6.42 Å². The third-order valence-electron chi connectivity index (χ3n) is 7.71. The van der Waals surface area contributed by atoms with Crippen LogP contribution >= 0.6 is 11.8 Å². The highest BCUT2D eigenvalue weighted by Crippen LogP contribution is 2.29. The minimum absolute atomic E-state index is 0.0865. The number of nitrogens with one attached hydrogen (secondary N) is 1. The normalized spacial score (nSPS) is 15.3. The lowest BCUT2D eigenvalue weighted by atomic mass is 10.0. The van der Waals surface area contributed by atoms with Gasteiger partial charge in [-0.2, -0.15) is 0 Å². The van der Waals surface area contributed by atoms with Gasteiger partial charge in [-0.1, -0.05) is 64.0 Å². The molecule has 0 saturated heterocycles. The summed E-state index contributed by atoms with van der Waals surface area (Å²) >= 11 is 1.60. The average Bonchev–Trinajstić information content (AvgIpc) is 3.01. The Hall–Kier alpha value is -4.17. The molecular formula is C35H38N4O3S. The number of fused-ring (bicyclic) bond motifs is 5. The first-order valence-electron chi connectivity index (χ1n) is 14.9. The third kappa shape index (κ3) is 7.43. The fourth-order valence-electron chi connectivity index (χ4n) is 5.18. The van der Waals surface area contributed by atoms with Gasteiger partial charge in [0.05, 0.1) is 11.4 Å². The summed E-state index contributed by atoms with van der Waals surface area (Å²) in [5.41, 5.74) is 1.38. The molecule has 222 valence electrons. The Labute approximate surface area is 256 Å². The number of allylic oxidation sites excluding steroid dienone is 1. The van der Waals surface area contributed by atoms with Crippen LogP contribution in [0, 0.1) is 5.92 Å². The van der Waals surface area contributed by atoms with Crippen molar-refractivity contribution in [3.05, 3.63) is 104 Å². The van der Waals surface area contributed by atoms with Crippen LogP contribution < -0.4 is 26.1 Å². The van der Waals surface area contributed by atoms with E-state index in [9.17, 15) is 9.59 Å². The van der Waals surface area contributed by atoms with Gasteiger partial charge in [-0.15, -0.1) is 11.8 Å². The average molecular weight is 595 g/mol. The molecule has 0 spiro atoms. The predicted molar refractivity (Wildman–Crippen MR) is 176 cm³/mol. The number of nitrogens with zero attached hydrogens (tertiary/aromatic N) is 3. The van der Waals surface area contributed by atoms with Crippen molar-refractivity contribution < 1.29 is 9.53 Å². The molecular weight excluding hydrogens is 556 g/mol. The van der Waals surface area contributed by atoms with Gasteiger partial charge < -0.3 is 14.6 Å². The summed E-state index contributed by atoms with van der Waals surface area (Å²) in [4.78, 5) is 36.7. The van der Waals surface area contributed by atoms with Crippen LogP contribution in [0.5, 0.6) is 5.75 Å². The minimum atomic E-state index is -0.378. The molecule has 7 nitrogen and oxygen atoms in total. The zero-order chi connectivity index (χ0) is 30.2. The van der Waals surface area contributed by atoms with Gasteiger partial charge in [0.1, 0.15) is 17.9 Å². The molecule has 0 fully saturated rings. The molecule has 2 aromatic carbocycles. The Morgan fingerprint density at radius 1 is 1.19 bits per heavy atom. The van der Waals surface area contributed by atoms with Gasteiger partial charge in [0.15, 0.2) is 0 Å². The standard InChI is InChI=1S/C35H38N4O3S/c1-4-5-8-24(2)11-14-38-35(41)31-23-39-25(3)30(34(31)40)21-29(43-18-13-28-22-36-15-16-37-28)12-17-42-33-20-27-10-7-6-9-26(27)19-32(33)39/h6-7,9-10,12,15-16,19-24H,3-5,8,11,13-14,17-18H2,1-2H3,(H,38,41)/b29-12+,30-21+. The van der Waals surface area contributed by atoms with Gasteiger partial charge in [0, 0.05) is 59.0 Å². The van der Waals surface area contributed by atoms with E-state index >= 15 is 0 Å². The lowest BCUT2D eigenvalue weighted by molar-refractivity contribution is 0.0949. The van der Waals surface area contributed by atoms with Crippen LogP contribution in [0.3, 0.4) is 0 Å². The Morgan fingerprint density at radius 2 is 2.00 bits per heavy atom. The number of benzene rings is 2. The zero-order valence-electron chi connectivity index (χ0n) is 24.8. The van der Waals surface area contributed by atoms with E-state index < -0.39 is 0 Å². The summed E-state index contributed by atoms with van der Waals surface area (Å²) in [6, 6.07) is 12.1. The first kappa shape index (κ1) is 30.3. The number of hydrogen-bond acceptors (Lipinski definition) is 6. The monoisotopic (exact) mass is 594 g/mol. The van der Waals surface area contributed by atoms with E-state index in [2.05, 4.69) is 35.7 Å². The van der Waals surface area contributed by atoms with Gasteiger partial charge >= 0.3 is 0 Å². The van der Waals surface area contributed by atoms with Crippen molar-refractivity contribution in [1.29, 1.82) is 0 Å². The van der Waals surface area contributed by atoms with Crippen LogP contribution in [0.2, 0.25) is 0 Å². The van der Waals surface area contributed by atoms with Crippen LogP contribution in [-0.4, -0.2) is 39.3 Å². The number of aryl methyl sites for hydroxylation is 1. The fourth-order valence-corrected chi connectivity index (χ4v) is 6.11. The quantitative estimate of drug-likeness (QED) is 0.258. The number of thioether (sulfide) groups is 1. The van der Waals surface area contributed by atoms with Crippen molar-refractivity contribution in [3.63, 3.8) is 0 Å². The smallest absolute Gasteiger partial charge is 0.256 e. The molecule has 43 heavy (non-hydrogen) atoms. The molecule has 4 aromatic rings. The predicted octanol–water partition coefficient (Wildman–Crippen LogP) is 5.17. The molecule has 5 rings (SSSR count). The maximum absolute atomic E-state index is 13.9. The molecule has 1 N–H and O–H groups in total. The number of pyridine rings is 1. The first-order chi connectivity index (χ1) is 20.9. The van der Waals surface area contributed by atoms with E-state index in [1.807, 2.05) is 53.1 Å². The summed E-state index contributed by atoms with van der Waals surface area (Å²) < 4.78 is 8.13. The molecule has 2 aromatic heterocycles. The number of hydrogen-bond donors (Lipinski definition) is 1. The molecule has 3 heterocycles. The largest absolute Gasteiger partial charge is 0.487 e. The van der Waals surface area contributed by atoms with Gasteiger partial charge in [-0.3, -0.25) is 19.6 Å². The molecule has 8 heteroatoms. The van der Waals surface area contributed by atoms with Crippen molar-refractivity contribution >= 4 is 41.1 Å². The number of carbonyl (C=O) groups is 1. The van der Waals surface area contributed by atoms with E-state index in [1.54, 1.807) is 36.5 Å². The molecule has 0 radical (unpaired) electrons. The minimum Gasteiger partial charge on any atom is -0.487 e. The summed E-state index contributed by atoms with van der Waals surface area (Å²) in [6.07, 6.45) is 15.6. The lowest BCUT2D eigenvalue weighted by Crippen LogP contribution is -2.48. The zero-order valence-corrected chi connectivity index (χ0v) is 25.7. The van der Waals surface area contributed by atoms with Crippen LogP contribution in [0.15, 0.2) is 77.0 Å². The van der Waals surface area contributed by atoms with E-state index in [0.29, 0.717) is 35.4 Å². The summed E-state index contributed by atoms with van der Waals surface area (Å²) in [5.74, 6) is 1.51. The Morgan fingerprint density at radius 3 is 2.77 bits per heavy atom. The number of aromatic nitrogens is 3. The van der Waals surface area contributed by atoms with Crippen molar-refractivity contribution in [1.82, 2.24) is 19.9 Å². The second-order valence-corrected chi connectivity index (χ2v) is 12.1. The SMILES string of the molecule is C=c1\c2c(=O)c(C(=O)NCCC(C)CCCC)cn1-c1cc3ccccc3cc1OC/C=C(SCCc1cnccn1)\C=2. The number of ether oxygens (including phenoxy) is 1. The second-order valence-electron chi connectivity index (χ2n) is 10.9. The molecule has 0 aliphatic carbocycles. The molecule has 0 saturated carbocycles. The highest BCUT2D eigenvalue weighted by Gasteiger charge is 2.18. The summed E-state index contributed by atoms with van der Waals surface area (Å²) in [6.45, 7) is 9.55. The molecule has 1 amide bonds. The molecule has 1 aliphatic heterocycles.